The van der Waals surface area contributed by atoms with Gasteiger partial charge < -0.3 is 15.3 Å². The third-order valence-electron chi connectivity index (χ3n) is 4.65. The molecule has 1 unspecified atom stereocenters. The standard InChI is InChI=1S/C18H17F5N4O3/c1-26-8-11(7-24-26)25-15(29)10-2-3-13(19)12(6-10)18(22,23)16(30)27-5-4-14(28)17(20,21)9-27/h2-3,6-8,14,28H,4-5,9H2,1H3,(H,25,29). The molecule has 30 heavy (non-hydrogen) atoms. The third kappa shape index (κ3) is 4.13. The molecule has 1 saturated heterocycles. The average Bonchev–Trinajstić information content (AvgIpc) is 3.08. The van der Waals surface area contributed by atoms with Crippen molar-refractivity contribution in [3.8, 4) is 0 Å². The minimum atomic E-state index is -4.51. The number of aliphatic hydroxyl groups excluding tert-OH is 1. The van der Waals surface area contributed by atoms with Gasteiger partial charge in [-0.25, -0.2) is 13.2 Å². The van der Waals surface area contributed by atoms with E-state index >= 15 is 0 Å². The van der Waals surface area contributed by atoms with Gasteiger partial charge in [0.2, 0.25) is 0 Å². The average molecular weight is 432 g/mol. The van der Waals surface area contributed by atoms with E-state index in [1.807, 2.05) is 0 Å². The Hall–Kier alpha value is -3.02. The number of hydrogen-bond donors (Lipinski definition) is 2. The fourth-order valence-corrected chi connectivity index (χ4v) is 3.01. The zero-order valence-electron chi connectivity index (χ0n) is 15.6. The highest BCUT2D eigenvalue weighted by Gasteiger charge is 2.52. The molecule has 0 radical (unpaired) electrons. The van der Waals surface area contributed by atoms with Gasteiger partial charge in [-0.05, 0) is 24.6 Å². The lowest BCUT2D eigenvalue weighted by Gasteiger charge is -2.37. The van der Waals surface area contributed by atoms with E-state index in [1.165, 1.54) is 17.1 Å². The van der Waals surface area contributed by atoms with Crippen LogP contribution in [0.15, 0.2) is 30.6 Å². The molecule has 2 N–H and O–H groups in total. The lowest BCUT2D eigenvalue weighted by molar-refractivity contribution is -0.183. The molecule has 1 aromatic carbocycles. The Balaban J connectivity index is 1.85. The molecule has 12 heteroatoms. The number of nitrogens with one attached hydrogen (secondary N) is 1. The van der Waals surface area contributed by atoms with Crippen molar-refractivity contribution >= 4 is 17.5 Å². The number of nitrogens with zero attached hydrogens (tertiary/aromatic N) is 3. The second-order valence-corrected chi connectivity index (χ2v) is 6.92. The molecule has 162 valence electrons. The van der Waals surface area contributed by atoms with Crippen molar-refractivity contribution in [1.82, 2.24) is 14.7 Å². The van der Waals surface area contributed by atoms with Crippen molar-refractivity contribution in [3.63, 3.8) is 0 Å². The summed E-state index contributed by atoms with van der Waals surface area (Å²) >= 11 is 0. The molecule has 1 fully saturated rings. The summed E-state index contributed by atoms with van der Waals surface area (Å²) in [5, 5.41) is 15.4. The summed E-state index contributed by atoms with van der Waals surface area (Å²) in [5.74, 6) is -12.7. The van der Waals surface area contributed by atoms with Crippen LogP contribution in [0.3, 0.4) is 0 Å². The van der Waals surface area contributed by atoms with Gasteiger partial charge in [-0.15, -0.1) is 0 Å². The number of aliphatic hydroxyl groups is 1. The zero-order chi connectivity index (χ0) is 22.3. The second-order valence-electron chi connectivity index (χ2n) is 6.92. The van der Waals surface area contributed by atoms with Gasteiger partial charge in [-0.2, -0.15) is 13.9 Å². The fourth-order valence-electron chi connectivity index (χ4n) is 3.01. The monoisotopic (exact) mass is 432 g/mol. The molecule has 2 heterocycles. The van der Waals surface area contributed by atoms with Gasteiger partial charge in [0.15, 0.2) is 0 Å². The summed E-state index contributed by atoms with van der Waals surface area (Å²) < 4.78 is 72.2. The first kappa shape index (κ1) is 21.7. The van der Waals surface area contributed by atoms with Gasteiger partial charge in [0.1, 0.15) is 11.9 Å². The molecule has 1 atom stereocenters. The number of halogens is 5. The highest BCUT2D eigenvalue weighted by Crippen LogP contribution is 2.36. The number of carbonyl (C=O) groups excluding carboxylic acids is 2. The van der Waals surface area contributed by atoms with Crippen molar-refractivity contribution in [2.45, 2.75) is 24.4 Å². The lowest BCUT2D eigenvalue weighted by atomic mass is 9.99. The van der Waals surface area contributed by atoms with E-state index in [2.05, 4.69) is 10.4 Å². The Kier molecular flexibility index (Phi) is 5.54. The van der Waals surface area contributed by atoms with Crippen molar-refractivity contribution in [1.29, 1.82) is 0 Å². The van der Waals surface area contributed by atoms with E-state index in [4.69, 9.17) is 0 Å². The number of hydrogen-bond acceptors (Lipinski definition) is 4. The number of aryl methyl sites for hydroxylation is 1. The van der Waals surface area contributed by atoms with Crippen molar-refractivity contribution < 1.29 is 36.6 Å². The van der Waals surface area contributed by atoms with Crippen LogP contribution < -0.4 is 5.32 Å². The van der Waals surface area contributed by atoms with Crippen LogP contribution in [0.5, 0.6) is 0 Å². The van der Waals surface area contributed by atoms with Crippen molar-refractivity contribution in [2.24, 2.45) is 7.05 Å². The normalized spacial score (nSPS) is 18.9. The largest absolute Gasteiger partial charge is 0.387 e. The van der Waals surface area contributed by atoms with Crippen LogP contribution in [0.25, 0.3) is 0 Å². The van der Waals surface area contributed by atoms with Gasteiger partial charge in [0.05, 0.1) is 24.0 Å². The molecule has 1 aliphatic rings. The molecular weight excluding hydrogens is 415 g/mol. The van der Waals surface area contributed by atoms with E-state index in [-0.39, 0.29) is 16.2 Å². The molecule has 2 amide bonds. The summed E-state index contributed by atoms with van der Waals surface area (Å²) in [6.07, 6.45) is 0.0632. The van der Waals surface area contributed by atoms with Crippen LogP contribution >= 0.6 is 0 Å². The molecule has 2 aromatic rings. The fraction of sp³-hybridized carbons (Fsp3) is 0.389. The Morgan fingerprint density at radius 2 is 2.03 bits per heavy atom. The van der Waals surface area contributed by atoms with Crippen LogP contribution in [0.1, 0.15) is 22.3 Å². The quantitative estimate of drug-likeness (QED) is 0.725. The SMILES string of the molecule is Cn1cc(NC(=O)c2ccc(F)c(C(F)(F)C(=O)N3CCC(O)C(F)(F)C3)c2)cn1. The van der Waals surface area contributed by atoms with E-state index in [0.717, 1.165) is 6.07 Å². The first-order valence-electron chi connectivity index (χ1n) is 8.75. The molecule has 0 aliphatic carbocycles. The number of rotatable bonds is 4. The maximum atomic E-state index is 14.7. The third-order valence-corrected chi connectivity index (χ3v) is 4.65. The van der Waals surface area contributed by atoms with Crippen LogP contribution in [0, 0.1) is 5.82 Å². The zero-order valence-corrected chi connectivity index (χ0v) is 15.6. The first-order valence-corrected chi connectivity index (χ1v) is 8.75. The molecule has 1 aliphatic heterocycles. The molecule has 7 nitrogen and oxygen atoms in total. The van der Waals surface area contributed by atoms with Crippen LogP contribution in [-0.2, 0) is 17.8 Å². The number of amides is 2. The Morgan fingerprint density at radius 1 is 1.33 bits per heavy atom. The summed E-state index contributed by atoms with van der Waals surface area (Å²) in [6.45, 7) is -1.97. The number of likely N-dealkylation sites (tertiary alicyclic amines) is 1. The summed E-state index contributed by atoms with van der Waals surface area (Å²) in [6, 6.07) is 2.02. The number of carbonyl (C=O) groups is 2. The Morgan fingerprint density at radius 3 is 2.63 bits per heavy atom. The Labute approximate surface area is 167 Å². The van der Waals surface area contributed by atoms with Gasteiger partial charge in [-0.3, -0.25) is 14.3 Å². The van der Waals surface area contributed by atoms with E-state index in [1.54, 1.807) is 7.05 Å². The van der Waals surface area contributed by atoms with Gasteiger partial charge >= 0.3 is 5.92 Å². The number of alkyl halides is 4. The van der Waals surface area contributed by atoms with Crippen LogP contribution in [-0.4, -0.2) is 56.7 Å². The molecule has 1 aromatic heterocycles. The maximum absolute atomic E-state index is 14.7. The van der Waals surface area contributed by atoms with Crippen LogP contribution in [0.2, 0.25) is 0 Å². The second kappa shape index (κ2) is 7.67. The molecule has 0 bridgehead atoms. The predicted molar refractivity (Wildman–Crippen MR) is 93.6 cm³/mol. The minimum absolute atomic E-state index is 0.175. The van der Waals surface area contributed by atoms with Gasteiger partial charge in [-0.1, -0.05) is 0 Å². The maximum Gasteiger partial charge on any atom is 0.352 e. The topological polar surface area (TPSA) is 87.5 Å². The van der Waals surface area contributed by atoms with Gasteiger partial charge in [0, 0.05) is 25.4 Å². The highest BCUT2D eigenvalue weighted by molar-refractivity contribution is 6.04. The number of anilines is 1. The van der Waals surface area contributed by atoms with Crippen molar-refractivity contribution in [3.05, 3.63) is 47.5 Å². The number of benzene rings is 1. The van der Waals surface area contributed by atoms with Crippen molar-refractivity contribution in [2.75, 3.05) is 18.4 Å². The molecule has 0 spiro atoms. The summed E-state index contributed by atoms with van der Waals surface area (Å²) in [4.78, 5) is 24.7. The Bertz CT molecular complexity index is 978. The highest BCUT2D eigenvalue weighted by atomic mass is 19.3. The lowest BCUT2D eigenvalue weighted by Crippen LogP contribution is -2.56. The number of piperidine rings is 1. The van der Waals surface area contributed by atoms with E-state index in [0.29, 0.717) is 12.1 Å². The smallest absolute Gasteiger partial charge is 0.352 e. The molecule has 0 saturated carbocycles. The van der Waals surface area contributed by atoms with E-state index in [9.17, 15) is 36.6 Å². The summed E-state index contributed by atoms with van der Waals surface area (Å²) in [5.41, 5.74) is -1.53. The predicted octanol–water partition coefficient (Wildman–Crippen LogP) is 2.13. The minimum Gasteiger partial charge on any atom is -0.387 e. The summed E-state index contributed by atoms with van der Waals surface area (Å²) in [7, 11) is 1.58. The molecule has 3 rings (SSSR count). The van der Waals surface area contributed by atoms with Gasteiger partial charge in [0.25, 0.3) is 17.7 Å². The van der Waals surface area contributed by atoms with Crippen LogP contribution in [0.4, 0.5) is 27.6 Å². The molecular formula is C18H17F5N4O3. The van der Waals surface area contributed by atoms with E-state index < -0.39 is 60.7 Å². The number of aromatic nitrogens is 2. The first-order chi connectivity index (χ1) is 13.9.